The Morgan fingerprint density at radius 2 is 2.05 bits per heavy atom. The summed E-state index contributed by atoms with van der Waals surface area (Å²) in [6, 6.07) is 7.11. The van der Waals surface area contributed by atoms with Crippen LogP contribution in [0.15, 0.2) is 18.2 Å². The van der Waals surface area contributed by atoms with E-state index in [1.54, 1.807) is 0 Å². The Kier molecular flexibility index (Phi) is 4.19. The number of hydrogen-bond donors (Lipinski definition) is 1. The Hall–Kier alpha value is -1.02. The zero-order valence-electron chi connectivity index (χ0n) is 12.9. The van der Waals surface area contributed by atoms with Crippen LogP contribution in [0.5, 0.6) is 5.75 Å². The van der Waals surface area contributed by atoms with E-state index in [1.807, 2.05) is 0 Å². The van der Waals surface area contributed by atoms with E-state index in [9.17, 15) is 0 Å². The molecule has 1 aromatic rings. The summed E-state index contributed by atoms with van der Waals surface area (Å²) < 4.78 is 5.97. The van der Waals surface area contributed by atoms with Gasteiger partial charge in [0.25, 0.3) is 0 Å². The molecule has 0 amide bonds. The third-order valence-corrected chi connectivity index (χ3v) is 3.79. The van der Waals surface area contributed by atoms with Gasteiger partial charge in [0.05, 0.1) is 6.10 Å². The molecule has 1 aromatic carbocycles. The topological polar surface area (TPSA) is 21.3 Å². The molecule has 19 heavy (non-hydrogen) atoms. The maximum atomic E-state index is 5.97. The number of nitrogens with one attached hydrogen (secondary N) is 1. The van der Waals surface area contributed by atoms with Crippen LogP contribution in [0.1, 0.15) is 64.6 Å². The molecule has 106 valence electrons. The summed E-state index contributed by atoms with van der Waals surface area (Å²) in [7, 11) is 0. The molecular formula is C17H27NO. The van der Waals surface area contributed by atoms with Gasteiger partial charge in [-0.2, -0.15) is 0 Å². The lowest BCUT2D eigenvalue weighted by atomic mass is 9.84. The first-order valence-electron chi connectivity index (χ1n) is 7.46. The summed E-state index contributed by atoms with van der Waals surface area (Å²) in [5, 5.41) is 3.66. The minimum absolute atomic E-state index is 0.188. The van der Waals surface area contributed by atoms with Gasteiger partial charge in [-0.1, -0.05) is 33.8 Å². The average molecular weight is 261 g/mol. The number of ether oxygens (including phenoxy) is 1. The molecule has 1 aliphatic heterocycles. The van der Waals surface area contributed by atoms with Crippen molar-refractivity contribution in [3.63, 3.8) is 0 Å². The molecule has 0 bridgehead atoms. The maximum absolute atomic E-state index is 5.97. The summed E-state index contributed by atoms with van der Waals surface area (Å²) in [5.74, 6) is 1.06. The zero-order valence-corrected chi connectivity index (χ0v) is 12.9. The van der Waals surface area contributed by atoms with Crippen molar-refractivity contribution in [1.29, 1.82) is 0 Å². The molecule has 1 aliphatic rings. The molecule has 1 heterocycles. The SMILES string of the molecule is CCCNC1CC(C)Oc2ccc(C(C)(C)C)cc21. The first kappa shape index (κ1) is 14.4. The smallest absolute Gasteiger partial charge is 0.124 e. The number of fused-ring (bicyclic) bond motifs is 1. The molecule has 0 aliphatic carbocycles. The van der Waals surface area contributed by atoms with Crippen LogP contribution in [-0.4, -0.2) is 12.6 Å². The fourth-order valence-corrected chi connectivity index (χ4v) is 2.63. The van der Waals surface area contributed by atoms with Gasteiger partial charge in [-0.05, 0) is 43.0 Å². The highest BCUT2D eigenvalue weighted by atomic mass is 16.5. The summed E-state index contributed by atoms with van der Waals surface area (Å²) in [6.07, 6.45) is 2.52. The van der Waals surface area contributed by atoms with E-state index in [1.165, 1.54) is 17.5 Å². The molecule has 2 atom stereocenters. The normalized spacial score (nSPS) is 22.8. The first-order valence-corrected chi connectivity index (χ1v) is 7.46. The van der Waals surface area contributed by atoms with Crippen molar-refractivity contribution in [1.82, 2.24) is 5.32 Å². The van der Waals surface area contributed by atoms with Gasteiger partial charge in [-0.25, -0.2) is 0 Å². The predicted octanol–water partition coefficient (Wildman–Crippen LogP) is 4.20. The molecule has 2 unspecified atom stereocenters. The second kappa shape index (κ2) is 5.54. The van der Waals surface area contributed by atoms with E-state index in [0.717, 1.165) is 18.7 Å². The molecule has 2 heteroatoms. The van der Waals surface area contributed by atoms with Gasteiger partial charge in [0.2, 0.25) is 0 Å². The van der Waals surface area contributed by atoms with Crippen molar-refractivity contribution >= 4 is 0 Å². The monoisotopic (exact) mass is 261 g/mol. The van der Waals surface area contributed by atoms with Crippen molar-refractivity contribution in [3.8, 4) is 5.75 Å². The Balaban J connectivity index is 2.33. The van der Waals surface area contributed by atoms with Gasteiger partial charge in [0.1, 0.15) is 5.75 Å². The van der Waals surface area contributed by atoms with Crippen LogP contribution < -0.4 is 10.1 Å². The van der Waals surface area contributed by atoms with Gasteiger partial charge in [0.15, 0.2) is 0 Å². The third kappa shape index (κ3) is 3.30. The van der Waals surface area contributed by atoms with Crippen LogP contribution in [0.25, 0.3) is 0 Å². The van der Waals surface area contributed by atoms with Gasteiger partial charge >= 0.3 is 0 Å². The number of rotatable bonds is 3. The van der Waals surface area contributed by atoms with Gasteiger partial charge in [0, 0.05) is 18.0 Å². The van der Waals surface area contributed by atoms with E-state index >= 15 is 0 Å². The Morgan fingerprint density at radius 1 is 1.32 bits per heavy atom. The average Bonchev–Trinajstić information content (AvgIpc) is 2.34. The molecule has 0 fully saturated rings. The summed E-state index contributed by atoms with van der Waals surface area (Å²) in [5.41, 5.74) is 2.90. The summed E-state index contributed by atoms with van der Waals surface area (Å²) >= 11 is 0. The lowest BCUT2D eigenvalue weighted by Crippen LogP contribution is -2.32. The van der Waals surface area contributed by atoms with Crippen molar-refractivity contribution < 1.29 is 4.74 Å². The van der Waals surface area contributed by atoms with Crippen LogP contribution in [-0.2, 0) is 5.41 Å². The van der Waals surface area contributed by atoms with Crippen LogP contribution >= 0.6 is 0 Å². The quantitative estimate of drug-likeness (QED) is 0.880. The molecule has 0 saturated heterocycles. The van der Waals surface area contributed by atoms with Crippen LogP contribution in [0.4, 0.5) is 0 Å². The molecule has 0 radical (unpaired) electrons. The van der Waals surface area contributed by atoms with Crippen LogP contribution in [0.2, 0.25) is 0 Å². The lowest BCUT2D eigenvalue weighted by Gasteiger charge is -2.32. The minimum Gasteiger partial charge on any atom is -0.490 e. The fraction of sp³-hybridized carbons (Fsp3) is 0.647. The molecule has 0 spiro atoms. The van der Waals surface area contributed by atoms with E-state index in [0.29, 0.717) is 12.1 Å². The minimum atomic E-state index is 0.188. The van der Waals surface area contributed by atoms with Crippen molar-refractivity contribution in [2.75, 3.05) is 6.54 Å². The third-order valence-electron chi connectivity index (χ3n) is 3.79. The molecular weight excluding hydrogens is 234 g/mol. The Bertz CT molecular complexity index is 433. The molecule has 2 rings (SSSR count). The highest BCUT2D eigenvalue weighted by molar-refractivity contribution is 5.43. The molecule has 2 nitrogen and oxygen atoms in total. The molecule has 0 aromatic heterocycles. The Morgan fingerprint density at radius 3 is 2.68 bits per heavy atom. The molecule has 0 saturated carbocycles. The van der Waals surface area contributed by atoms with E-state index in [2.05, 4.69) is 58.1 Å². The summed E-state index contributed by atoms with van der Waals surface area (Å²) in [6.45, 7) is 12.2. The van der Waals surface area contributed by atoms with Crippen molar-refractivity contribution in [2.24, 2.45) is 0 Å². The van der Waals surface area contributed by atoms with Crippen LogP contribution in [0.3, 0.4) is 0 Å². The number of benzene rings is 1. The largest absolute Gasteiger partial charge is 0.490 e. The maximum Gasteiger partial charge on any atom is 0.124 e. The predicted molar refractivity (Wildman–Crippen MR) is 80.9 cm³/mol. The zero-order chi connectivity index (χ0) is 14.0. The van der Waals surface area contributed by atoms with Crippen molar-refractivity contribution in [3.05, 3.63) is 29.3 Å². The summed E-state index contributed by atoms with van der Waals surface area (Å²) in [4.78, 5) is 0. The Labute approximate surface area is 117 Å². The first-order chi connectivity index (χ1) is 8.91. The van der Waals surface area contributed by atoms with Gasteiger partial charge < -0.3 is 10.1 Å². The fourth-order valence-electron chi connectivity index (χ4n) is 2.63. The van der Waals surface area contributed by atoms with Gasteiger partial charge in [-0.15, -0.1) is 0 Å². The highest BCUT2D eigenvalue weighted by Crippen LogP contribution is 2.37. The van der Waals surface area contributed by atoms with Crippen molar-refractivity contribution in [2.45, 2.75) is 65.0 Å². The lowest BCUT2D eigenvalue weighted by molar-refractivity contribution is 0.166. The van der Waals surface area contributed by atoms with Gasteiger partial charge in [-0.3, -0.25) is 0 Å². The standard InChI is InChI=1S/C17H27NO/c1-6-9-18-15-10-12(2)19-16-8-7-13(11-14(15)16)17(3,4)5/h7-8,11-12,15,18H,6,9-10H2,1-5H3. The second-order valence-corrected chi connectivity index (χ2v) is 6.67. The highest BCUT2D eigenvalue weighted by Gasteiger charge is 2.27. The number of hydrogen-bond acceptors (Lipinski definition) is 2. The van der Waals surface area contributed by atoms with E-state index < -0.39 is 0 Å². The molecule has 1 N–H and O–H groups in total. The van der Waals surface area contributed by atoms with Crippen LogP contribution in [0, 0.1) is 0 Å². The second-order valence-electron chi connectivity index (χ2n) is 6.67. The van der Waals surface area contributed by atoms with E-state index in [-0.39, 0.29) is 5.41 Å². The van der Waals surface area contributed by atoms with E-state index in [4.69, 9.17) is 4.74 Å².